The van der Waals surface area contributed by atoms with Gasteiger partial charge in [0.15, 0.2) is 0 Å². The van der Waals surface area contributed by atoms with Crippen LogP contribution in [0.5, 0.6) is 11.5 Å². The number of ether oxygens (including phenoxy) is 2. The Bertz CT molecular complexity index is 469. The highest BCUT2D eigenvalue weighted by molar-refractivity contribution is 5.80. The Morgan fingerprint density at radius 3 is 2.33 bits per heavy atom. The van der Waals surface area contributed by atoms with Crippen molar-refractivity contribution in [1.82, 2.24) is 4.90 Å². The average molecular weight is 289 g/mol. The smallest absolute Gasteiger partial charge is 0.136 e. The molecule has 2 aliphatic heterocycles. The number of carbonyl (C=O) groups is 1. The van der Waals surface area contributed by atoms with Gasteiger partial charge in [0.05, 0.1) is 13.7 Å². The number of nitrogens with zero attached hydrogens (tertiary/aromatic N) is 1. The summed E-state index contributed by atoms with van der Waals surface area (Å²) in [4.78, 5) is 14.1. The largest absolute Gasteiger partial charge is 0.497 e. The summed E-state index contributed by atoms with van der Waals surface area (Å²) in [6.45, 7) is 1.76. The van der Waals surface area contributed by atoms with Crippen LogP contribution < -0.4 is 9.47 Å². The fourth-order valence-electron chi connectivity index (χ4n) is 3.54. The monoisotopic (exact) mass is 289 g/mol. The first-order chi connectivity index (χ1) is 10.3. The van der Waals surface area contributed by atoms with Crippen molar-refractivity contribution >= 4 is 5.78 Å². The number of benzene rings is 1. The zero-order chi connectivity index (χ0) is 14.7. The van der Waals surface area contributed by atoms with Gasteiger partial charge in [0, 0.05) is 31.5 Å². The van der Waals surface area contributed by atoms with Crippen LogP contribution in [0, 0.1) is 0 Å². The molecule has 2 atom stereocenters. The van der Waals surface area contributed by atoms with E-state index < -0.39 is 0 Å². The van der Waals surface area contributed by atoms with E-state index >= 15 is 0 Å². The topological polar surface area (TPSA) is 38.8 Å². The van der Waals surface area contributed by atoms with Gasteiger partial charge in [0.25, 0.3) is 0 Å². The molecule has 0 radical (unpaired) electrons. The van der Waals surface area contributed by atoms with Crippen molar-refractivity contribution in [2.24, 2.45) is 0 Å². The minimum Gasteiger partial charge on any atom is -0.497 e. The second-order valence-corrected chi connectivity index (χ2v) is 5.95. The molecule has 3 rings (SSSR count). The van der Waals surface area contributed by atoms with Crippen LogP contribution in [0.1, 0.15) is 32.1 Å². The molecule has 1 aromatic rings. The summed E-state index contributed by atoms with van der Waals surface area (Å²) in [5, 5.41) is 0. The molecule has 0 N–H and O–H groups in total. The van der Waals surface area contributed by atoms with Gasteiger partial charge in [-0.15, -0.1) is 0 Å². The molecule has 2 bridgehead atoms. The van der Waals surface area contributed by atoms with Crippen molar-refractivity contribution in [3.63, 3.8) is 0 Å². The molecule has 0 saturated carbocycles. The average Bonchev–Trinajstić information content (AvgIpc) is 2.74. The van der Waals surface area contributed by atoms with Gasteiger partial charge in [-0.1, -0.05) is 0 Å². The molecule has 0 aromatic heterocycles. The fraction of sp³-hybridized carbons (Fsp3) is 0.588. The molecule has 21 heavy (non-hydrogen) atoms. The maximum Gasteiger partial charge on any atom is 0.136 e. The Balaban J connectivity index is 1.41. The van der Waals surface area contributed by atoms with Gasteiger partial charge in [-0.3, -0.25) is 9.69 Å². The van der Waals surface area contributed by atoms with E-state index in [9.17, 15) is 4.79 Å². The lowest BCUT2D eigenvalue weighted by molar-refractivity contribution is -0.123. The Hall–Kier alpha value is -1.55. The zero-order valence-corrected chi connectivity index (χ0v) is 12.6. The van der Waals surface area contributed by atoms with E-state index in [1.165, 1.54) is 12.8 Å². The predicted molar refractivity (Wildman–Crippen MR) is 80.9 cm³/mol. The van der Waals surface area contributed by atoms with E-state index in [2.05, 4.69) is 4.90 Å². The molecule has 2 aliphatic rings. The van der Waals surface area contributed by atoms with Gasteiger partial charge in [-0.2, -0.15) is 0 Å². The molecule has 4 heteroatoms. The standard InChI is InChI=1S/C17H23NO3/c1-20-16-5-7-17(8-6-16)21-10-2-9-18-13-3-4-14(18)12-15(19)11-13/h5-8,13-14H,2-4,9-12H2,1H3. The number of ketones is 1. The maximum atomic E-state index is 11.6. The second kappa shape index (κ2) is 6.48. The maximum absolute atomic E-state index is 11.6. The third kappa shape index (κ3) is 3.38. The SMILES string of the molecule is COc1ccc(OCCCN2C3CCC2CC(=O)C3)cc1. The second-order valence-electron chi connectivity index (χ2n) is 5.95. The summed E-state index contributed by atoms with van der Waals surface area (Å²) in [6.07, 6.45) is 4.91. The van der Waals surface area contributed by atoms with Crippen LogP contribution in [-0.2, 0) is 4.79 Å². The quantitative estimate of drug-likeness (QED) is 0.755. The molecule has 0 spiro atoms. The van der Waals surface area contributed by atoms with Crippen molar-refractivity contribution in [1.29, 1.82) is 0 Å². The van der Waals surface area contributed by atoms with E-state index in [-0.39, 0.29) is 0 Å². The highest BCUT2D eigenvalue weighted by atomic mass is 16.5. The van der Waals surface area contributed by atoms with Crippen LogP contribution in [0.4, 0.5) is 0 Å². The summed E-state index contributed by atoms with van der Waals surface area (Å²) in [5.74, 6) is 2.18. The van der Waals surface area contributed by atoms with Crippen molar-refractivity contribution in [3.05, 3.63) is 24.3 Å². The lowest BCUT2D eigenvalue weighted by Gasteiger charge is -2.33. The Morgan fingerprint density at radius 1 is 1.10 bits per heavy atom. The molecule has 2 unspecified atom stereocenters. The fourth-order valence-corrected chi connectivity index (χ4v) is 3.54. The highest BCUT2D eigenvalue weighted by Crippen LogP contribution is 2.33. The van der Waals surface area contributed by atoms with Gasteiger partial charge < -0.3 is 9.47 Å². The van der Waals surface area contributed by atoms with Crippen LogP contribution in [0.3, 0.4) is 0 Å². The molecule has 0 aliphatic carbocycles. The van der Waals surface area contributed by atoms with Crippen LogP contribution in [0.25, 0.3) is 0 Å². The van der Waals surface area contributed by atoms with Gasteiger partial charge in [0.1, 0.15) is 17.3 Å². The van der Waals surface area contributed by atoms with Crippen molar-refractivity contribution in [2.45, 2.75) is 44.2 Å². The number of hydrogen-bond acceptors (Lipinski definition) is 4. The number of fused-ring (bicyclic) bond motifs is 2. The van der Waals surface area contributed by atoms with Crippen LogP contribution in [-0.4, -0.2) is 43.0 Å². The molecular weight excluding hydrogens is 266 g/mol. The Kier molecular flexibility index (Phi) is 4.44. The van der Waals surface area contributed by atoms with Gasteiger partial charge in [0.2, 0.25) is 0 Å². The summed E-state index contributed by atoms with van der Waals surface area (Å²) < 4.78 is 10.9. The molecule has 4 nitrogen and oxygen atoms in total. The number of hydrogen-bond donors (Lipinski definition) is 0. The Labute approximate surface area is 126 Å². The first-order valence-electron chi connectivity index (χ1n) is 7.80. The Morgan fingerprint density at radius 2 is 1.71 bits per heavy atom. The van der Waals surface area contributed by atoms with Crippen LogP contribution >= 0.6 is 0 Å². The molecule has 114 valence electrons. The van der Waals surface area contributed by atoms with E-state index in [4.69, 9.17) is 9.47 Å². The molecule has 0 amide bonds. The van der Waals surface area contributed by atoms with Crippen molar-refractivity contribution in [2.75, 3.05) is 20.3 Å². The predicted octanol–water partition coefficient (Wildman–Crippen LogP) is 2.66. The lowest BCUT2D eigenvalue weighted by Crippen LogP contribution is -2.43. The minimum atomic E-state index is 0.452. The van der Waals surface area contributed by atoms with Crippen molar-refractivity contribution < 1.29 is 14.3 Å². The first kappa shape index (κ1) is 14.4. The van der Waals surface area contributed by atoms with Crippen LogP contribution in [0.2, 0.25) is 0 Å². The van der Waals surface area contributed by atoms with Gasteiger partial charge >= 0.3 is 0 Å². The summed E-state index contributed by atoms with van der Waals surface area (Å²) in [5.41, 5.74) is 0. The third-order valence-electron chi connectivity index (χ3n) is 4.59. The zero-order valence-electron chi connectivity index (χ0n) is 12.6. The molecule has 1 aromatic carbocycles. The molecule has 2 fully saturated rings. The summed E-state index contributed by atoms with van der Waals surface area (Å²) in [6, 6.07) is 8.68. The van der Waals surface area contributed by atoms with Gasteiger partial charge in [-0.05, 0) is 43.5 Å². The minimum absolute atomic E-state index is 0.452. The number of rotatable bonds is 6. The first-order valence-corrected chi connectivity index (χ1v) is 7.80. The number of Topliss-reactive ketones (excluding diaryl/α,β-unsaturated/α-hetero) is 1. The molecular formula is C17H23NO3. The summed E-state index contributed by atoms with van der Waals surface area (Å²) >= 11 is 0. The lowest BCUT2D eigenvalue weighted by atomic mass is 10.0. The van der Waals surface area contributed by atoms with E-state index in [0.29, 0.717) is 17.9 Å². The van der Waals surface area contributed by atoms with Crippen molar-refractivity contribution in [3.8, 4) is 11.5 Å². The van der Waals surface area contributed by atoms with E-state index in [0.717, 1.165) is 43.9 Å². The van der Waals surface area contributed by atoms with Crippen LogP contribution in [0.15, 0.2) is 24.3 Å². The number of carbonyl (C=O) groups excluding carboxylic acids is 1. The third-order valence-corrected chi connectivity index (χ3v) is 4.59. The highest BCUT2D eigenvalue weighted by Gasteiger charge is 2.39. The molecule has 2 heterocycles. The normalized spacial score (nSPS) is 25.1. The van der Waals surface area contributed by atoms with E-state index in [1.807, 2.05) is 24.3 Å². The van der Waals surface area contributed by atoms with E-state index in [1.54, 1.807) is 7.11 Å². The number of methoxy groups -OCH3 is 1. The number of piperidine rings is 1. The van der Waals surface area contributed by atoms with Gasteiger partial charge in [-0.25, -0.2) is 0 Å². The summed E-state index contributed by atoms with van der Waals surface area (Å²) in [7, 11) is 1.66. The molecule has 2 saturated heterocycles.